The summed E-state index contributed by atoms with van der Waals surface area (Å²) in [7, 11) is 0. The van der Waals surface area contributed by atoms with Gasteiger partial charge in [0.25, 0.3) is 5.91 Å². The molecule has 4 rings (SSSR count). The molecule has 1 aliphatic heterocycles. The highest BCUT2D eigenvalue weighted by molar-refractivity contribution is 9.10. The molecule has 2 aromatic rings. The van der Waals surface area contributed by atoms with Crippen LogP contribution in [0.5, 0.6) is 0 Å². The fraction of sp³-hybridized carbons (Fsp3) is 0.407. The summed E-state index contributed by atoms with van der Waals surface area (Å²) in [5.41, 5.74) is 2.02. The summed E-state index contributed by atoms with van der Waals surface area (Å²) >= 11 is 3.47. The Labute approximate surface area is 210 Å². The lowest BCUT2D eigenvalue weighted by Crippen LogP contribution is -2.57. The number of nitrogens with zero attached hydrogens (tertiary/aromatic N) is 2. The lowest BCUT2D eigenvalue weighted by molar-refractivity contribution is -0.151. The van der Waals surface area contributed by atoms with Crippen molar-refractivity contribution in [3.8, 4) is 0 Å². The first kappa shape index (κ1) is 24.3. The van der Waals surface area contributed by atoms with E-state index in [1.54, 1.807) is 11.0 Å². The van der Waals surface area contributed by atoms with Gasteiger partial charge in [0.2, 0.25) is 5.91 Å². The molecule has 0 spiro atoms. The molecule has 1 heterocycles. The zero-order valence-electron chi connectivity index (χ0n) is 19.6. The van der Waals surface area contributed by atoms with Gasteiger partial charge < -0.3 is 19.9 Å². The van der Waals surface area contributed by atoms with E-state index in [4.69, 9.17) is 4.74 Å². The normalized spacial score (nSPS) is 21.1. The summed E-state index contributed by atoms with van der Waals surface area (Å²) in [5.74, 6) is -0.0291. The van der Waals surface area contributed by atoms with Crippen LogP contribution in [0.4, 0.5) is 5.69 Å². The number of hydrogen-bond donors (Lipinski definition) is 1. The lowest BCUT2D eigenvalue weighted by atomic mass is 9.89. The lowest BCUT2D eigenvalue weighted by Gasteiger charge is -2.44. The monoisotopic (exact) mass is 525 g/mol. The highest BCUT2D eigenvalue weighted by Gasteiger charge is 2.42. The van der Waals surface area contributed by atoms with Crippen LogP contribution < -0.4 is 10.2 Å². The zero-order valence-corrected chi connectivity index (χ0v) is 21.2. The van der Waals surface area contributed by atoms with Crippen LogP contribution >= 0.6 is 15.9 Å². The molecule has 1 N–H and O–H groups in total. The van der Waals surface area contributed by atoms with Crippen molar-refractivity contribution in [1.82, 2.24) is 10.2 Å². The SMILES string of the molecule is CCN(CCNC(=O)CN1C(=O)/C(=C\c2cccc(Br)c2)OC2CCCCC21)c1ccccc1. The molecule has 0 aromatic heterocycles. The number of nitrogens with one attached hydrogen (secondary N) is 1. The van der Waals surface area contributed by atoms with Crippen molar-refractivity contribution in [3.63, 3.8) is 0 Å². The number of para-hydroxylation sites is 1. The zero-order chi connectivity index (χ0) is 23.9. The minimum Gasteiger partial charge on any atom is -0.482 e. The molecule has 180 valence electrons. The van der Waals surface area contributed by atoms with Crippen LogP contribution in [0, 0.1) is 0 Å². The highest BCUT2D eigenvalue weighted by atomic mass is 79.9. The minimum absolute atomic E-state index is 0.0522. The molecular formula is C27H32BrN3O3. The van der Waals surface area contributed by atoms with Crippen molar-refractivity contribution < 1.29 is 14.3 Å². The number of anilines is 1. The largest absolute Gasteiger partial charge is 0.482 e. The summed E-state index contributed by atoms with van der Waals surface area (Å²) in [6.45, 7) is 4.24. The Morgan fingerprint density at radius 2 is 1.97 bits per heavy atom. The fourth-order valence-electron chi connectivity index (χ4n) is 4.76. The van der Waals surface area contributed by atoms with Crippen molar-refractivity contribution in [1.29, 1.82) is 0 Å². The van der Waals surface area contributed by atoms with Gasteiger partial charge in [0.05, 0.1) is 6.04 Å². The number of halogens is 1. The number of amides is 2. The van der Waals surface area contributed by atoms with E-state index in [0.29, 0.717) is 18.8 Å². The smallest absolute Gasteiger partial charge is 0.289 e. The first-order chi connectivity index (χ1) is 16.5. The second-order valence-corrected chi connectivity index (χ2v) is 9.69. The third-order valence-corrected chi connectivity index (χ3v) is 6.98. The number of likely N-dealkylation sites (N-methyl/N-ethyl adjacent to an activating group) is 1. The van der Waals surface area contributed by atoms with E-state index in [0.717, 1.165) is 48.0 Å². The molecule has 0 radical (unpaired) electrons. The molecule has 1 saturated heterocycles. The molecule has 6 nitrogen and oxygen atoms in total. The van der Waals surface area contributed by atoms with Gasteiger partial charge in [0.1, 0.15) is 12.6 Å². The third kappa shape index (κ3) is 6.00. The van der Waals surface area contributed by atoms with E-state index in [-0.39, 0.29) is 30.5 Å². The minimum atomic E-state index is -0.210. The van der Waals surface area contributed by atoms with E-state index in [1.165, 1.54) is 0 Å². The van der Waals surface area contributed by atoms with Crippen LogP contribution in [0.3, 0.4) is 0 Å². The van der Waals surface area contributed by atoms with Crippen molar-refractivity contribution >= 4 is 39.5 Å². The van der Waals surface area contributed by atoms with Gasteiger partial charge in [-0.2, -0.15) is 0 Å². The van der Waals surface area contributed by atoms with Crippen molar-refractivity contribution in [2.75, 3.05) is 31.1 Å². The summed E-state index contributed by atoms with van der Waals surface area (Å²) in [6.07, 6.45) is 5.60. The molecule has 2 atom stereocenters. The third-order valence-electron chi connectivity index (χ3n) is 6.49. The van der Waals surface area contributed by atoms with Gasteiger partial charge in [0.15, 0.2) is 5.76 Å². The van der Waals surface area contributed by atoms with E-state index < -0.39 is 0 Å². The number of carbonyl (C=O) groups is 2. The maximum Gasteiger partial charge on any atom is 0.289 e. The van der Waals surface area contributed by atoms with Gasteiger partial charge in [-0.1, -0.05) is 52.7 Å². The Bertz CT molecular complexity index is 1030. The topological polar surface area (TPSA) is 61.9 Å². The quantitative estimate of drug-likeness (QED) is 0.511. The predicted octanol–water partition coefficient (Wildman–Crippen LogP) is 4.60. The number of carbonyl (C=O) groups excluding carboxylic acids is 2. The van der Waals surface area contributed by atoms with Crippen molar-refractivity contribution in [2.24, 2.45) is 0 Å². The number of fused-ring (bicyclic) bond motifs is 1. The average molecular weight is 526 g/mol. The molecule has 7 heteroatoms. The van der Waals surface area contributed by atoms with Crippen LogP contribution in [0.15, 0.2) is 64.8 Å². The van der Waals surface area contributed by atoms with Gasteiger partial charge in [-0.15, -0.1) is 0 Å². The van der Waals surface area contributed by atoms with Crippen LogP contribution in [0.2, 0.25) is 0 Å². The second kappa shape index (κ2) is 11.6. The molecule has 2 aromatic carbocycles. The maximum absolute atomic E-state index is 13.4. The fourth-order valence-corrected chi connectivity index (χ4v) is 5.18. The van der Waals surface area contributed by atoms with E-state index in [1.807, 2.05) is 42.5 Å². The number of hydrogen-bond acceptors (Lipinski definition) is 4. The first-order valence-corrected chi connectivity index (χ1v) is 12.9. The molecule has 0 bridgehead atoms. The summed E-state index contributed by atoms with van der Waals surface area (Å²) in [4.78, 5) is 30.2. The number of rotatable bonds is 8. The standard InChI is InChI=1S/C27H32BrN3O3/c1-2-30(22-11-4-3-5-12-22)16-15-29-26(32)19-31-23-13-6-7-14-24(23)34-25(27(31)33)18-20-9-8-10-21(28)17-20/h3-5,8-12,17-18,23-24H,2,6-7,13-16,19H2,1H3,(H,29,32)/b25-18+. The van der Waals surface area contributed by atoms with E-state index in [2.05, 4.69) is 45.2 Å². The van der Waals surface area contributed by atoms with Gasteiger partial charge in [-0.25, -0.2) is 0 Å². The predicted molar refractivity (Wildman–Crippen MR) is 138 cm³/mol. The van der Waals surface area contributed by atoms with E-state index >= 15 is 0 Å². The molecule has 34 heavy (non-hydrogen) atoms. The summed E-state index contributed by atoms with van der Waals surface area (Å²) in [6, 6.07) is 17.9. The van der Waals surface area contributed by atoms with Crippen LogP contribution in [-0.4, -0.2) is 55.0 Å². The number of benzene rings is 2. The Morgan fingerprint density at radius 1 is 1.18 bits per heavy atom. The highest BCUT2D eigenvalue weighted by Crippen LogP contribution is 2.33. The first-order valence-electron chi connectivity index (χ1n) is 12.1. The maximum atomic E-state index is 13.4. The van der Waals surface area contributed by atoms with Crippen LogP contribution in [0.1, 0.15) is 38.2 Å². The molecule has 1 saturated carbocycles. The number of morpholine rings is 1. The van der Waals surface area contributed by atoms with Gasteiger partial charge in [-0.3, -0.25) is 9.59 Å². The summed E-state index contributed by atoms with van der Waals surface area (Å²) in [5, 5.41) is 3.01. The summed E-state index contributed by atoms with van der Waals surface area (Å²) < 4.78 is 7.09. The Morgan fingerprint density at radius 3 is 2.74 bits per heavy atom. The molecule has 2 unspecified atom stereocenters. The van der Waals surface area contributed by atoms with Crippen molar-refractivity contribution in [3.05, 3.63) is 70.4 Å². The molecule has 2 aliphatic rings. The molecule has 1 aliphatic carbocycles. The van der Waals surface area contributed by atoms with Crippen LogP contribution in [-0.2, 0) is 14.3 Å². The molecular weight excluding hydrogens is 494 g/mol. The Balaban J connectivity index is 1.41. The van der Waals surface area contributed by atoms with Gasteiger partial charge in [0, 0.05) is 29.8 Å². The molecule has 2 fully saturated rings. The number of ether oxygens (including phenoxy) is 1. The Hall–Kier alpha value is -2.80. The van der Waals surface area contributed by atoms with Gasteiger partial charge >= 0.3 is 0 Å². The molecule has 2 amide bonds. The van der Waals surface area contributed by atoms with E-state index in [9.17, 15) is 9.59 Å². The van der Waals surface area contributed by atoms with Crippen molar-refractivity contribution in [2.45, 2.75) is 44.8 Å². The Kier molecular flexibility index (Phi) is 8.27. The second-order valence-electron chi connectivity index (χ2n) is 8.77. The van der Waals surface area contributed by atoms with Gasteiger partial charge in [-0.05, 0) is 62.1 Å². The average Bonchev–Trinajstić information content (AvgIpc) is 2.85. The van der Waals surface area contributed by atoms with Crippen LogP contribution in [0.25, 0.3) is 6.08 Å².